The van der Waals surface area contributed by atoms with Gasteiger partial charge in [0.15, 0.2) is 0 Å². The van der Waals surface area contributed by atoms with Crippen molar-refractivity contribution >= 4 is 12.1 Å². The maximum absolute atomic E-state index is 12.6. The molecule has 0 fully saturated rings. The normalized spacial score (nSPS) is 11.1. The molecule has 8 heteroatoms. The summed E-state index contributed by atoms with van der Waals surface area (Å²) < 4.78 is 1.43. The Morgan fingerprint density at radius 3 is 2.52 bits per heavy atom. The number of aromatic nitrogens is 4. The van der Waals surface area contributed by atoms with Crippen LogP contribution in [0.3, 0.4) is 0 Å². The fourth-order valence-corrected chi connectivity index (χ4v) is 2.88. The van der Waals surface area contributed by atoms with Crippen molar-refractivity contribution in [2.45, 2.75) is 6.92 Å². The zero-order chi connectivity index (χ0) is 20.2. The Hall–Kier alpha value is -4.20. The van der Waals surface area contributed by atoms with E-state index in [1.54, 1.807) is 13.0 Å². The Balaban J connectivity index is 1.48. The van der Waals surface area contributed by atoms with Crippen LogP contribution in [0, 0.1) is 6.92 Å². The maximum Gasteiger partial charge on any atom is 0.289 e. The van der Waals surface area contributed by atoms with Gasteiger partial charge in [0.25, 0.3) is 11.5 Å². The fraction of sp³-hybridized carbons (Fsp3) is 0.0476. The highest BCUT2D eigenvalue weighted by Gasteiger charge is 2.12. The largest absolute Gasteiger partial charge is 0.295 e. The van der Waals surface area contributed by atoms with Crippen molar-refractivity contribution in [3.8, 4) is 16.9 Å². The van der Waals surface area contributed by atoms with Crippen LogP contribution in [-0.4, -0.2) is 32.1 Å². The molecule has 0 atom stereocenters. The topological polar surface area (TPSA) is 108 Å². The number of H-pyrrole nitrogens is 2. The van der Waals surface area contributed by atoms with Gasteiger partial charge >= 0.3 is 0 Å². The quantitative estimate of drug-likeness (QED) is 0.362. The van der Waals surface area contributed by atoms with Crippen molar-refractivity contribution in [2.75, 3.05) is 0 Å². The maximum atomic E-state index is 12.6. The van der Waals surface area contributed by atoms with Crippen LogP contribution < -0.4 is 11.0 Å². The Morgan fingerprint density at radius 2 is 1.79 bits per heavy atom. The number of rotatable bonds is 5. The van der Waals surface area contributed by atoms with Gasteiger partial charge in [0, 0.05) is 11.3 Å². The molecule has 0 saturated heterocycles. The van der Waals surface area contributed by atoms with E-state index in [9.17, 15) is 9.59 Å². The number of hydrogen-bond acceptors (Lipinski definition) is 4. The van der Waals surface area contributed by atoms with E-state index in [0.29, 0.717) is 17.0 Å². The lowest BCUT2D eigenvalue weighted by Gasteiger charge is -1.99. The molecular weight excluding hydrogens is 368 g/mol. The van der Waals surface area contributed by atoms with Crippen LogP contribution in [0.2, 0.25) is 0 Å². The van der Waals surface area contributed by atoms with Crippen molar-refractivity contribution in [2.24, 2.45) is 5.10 Å². The molecule has 0 aliphatic rings. The third-order valence-electron chi connectivity index (χ3n) is 4.38. The molecule has 2 heterocycles. The minimum absolute atomic E-state index is 0.250. The molecule has 2 aromatic heterocycles. The average Bonchev–Trinajstić information content (AvgIpc) is 3.36. The van der Waals surface area contributed by atoms with Crippen LogP contribution >= 0.6 is 0 Å². The summed E-state index contributed by atoms with van der Waals surface area (Å²) in [4.78, 5) is 24.9. The fourth-order valence-electron chi connectivity index (χ4n) is 2.88. The van der Waals surface area contributed by atoms with E-state index < -0.39 is 5.91 Å². The molecule has 3 N–H and O–H groups in total. The summed E-state index contributed by atoms with van der Waals surface area (Å²) in [6.07, 6.45) is 1.33. The van der Waals surface area contributed by atoms with Crippen molar-refractivity contribution in [1.82, 2.24) is 25.4 Å². The van der Waals surface area contributed by atoms with Crippen LogP contribution in [0.5, 0.6) is 0 Å². The number of aromatic amines is 2. The zero-order valence-electron chi connectivity index (χ0n) is 15.6. The lowest BCUT2D eigenvalue weighted by atomic mass is 10.1. The Labute approximate surface area is 165 Å². The minimum Gasteiger partial charge on any atom is -0.295 e. The van der Waals surface area contributed by atoms with Crippen molar-refractivity contribution in [3.63, 3.8) is 0 Å². The molecule has 4 rings (SSSR count). The van der Waals surface area contributed by atoms with Crippen LogP contribution in [0.4, 0.5) is 0 Å². The number of aryl methyl sites for hydroxylation is 1. The Kier molecular flexibility index (Phi) is 4.90. The van der Waals surface area contributed by atoms with E-state index in [0.717, 1.165) is 11.3 Å². The van der Waals surface area contributed by atoms with Gasteiger partial charge in [0.1, 0.15) is 5.69 Å². The van der Waals surface area contributed by atoms with E-state index in [2.05, 4.69) is 25.8 Å². The average molecular weight is 386 g/mol. The second-order valence-corrected chi connectivity index (χ2v) is 6.36. The second kappa shape index (κ2) is 7.81. The summed E-state index contributed by atoms with van der Waals surface area (Å²) in [5, 5.41) is 13.8. The van der Waals surface area contributed by atoms with Gasteiger partial charge in [0.2, 0.25) is 0 Å². The van der Waals surface area contributed by atoms with Gasteiger partial charge in [-0.3, -0.25) is 19.8 Å². The van der Waals surface area contributed by atoms with Crippen molar-refractivity contribution < 1.29 is 4.79 Å². The molecule has 0 unspecified atom stereocenters. The van der Waals surface area contributed by atoms with Crippen LogP contribution in [0.15, 0.2) is 76.6 Å². The summed E-state index contributed by atoms with van der Waals surface area (Å²) in [5.74, 6) is -0.451. The second-order valence-electron chi connectivity index (χ2n) is 6.36. The van der Waals surface area contributed by atoms with Gasteiger partial charge < -0.3 is 0 Å². The molecule has 8 nitrogen and oxygen atoms in total. The minimum atomic E-state index is -0.451. The summed E-state index contributed by atoms with van der Waals surface area (Å²) in [6, 6.07) is 20.4. The molecule has 0 spiro atoms. The van der Waals surface area contributed by atoms with Crippen molar-refractivity contribution in [1.29, 1.82) is 0 Å². The Morgan fingerprint density at radius 1 is 1.10 bits per heavy atom. The molecule has 144 valence electrons. The van der Waals surface area contributed by atoms with Gasteiger partial charge in [-0.15, -0.1) is 0 Å². The SMILES string of the molecule is Cc1[nH]n(-c2ccccc2)c(=O)c1/C=N/NC(=O)c1cc(-c2ccccc2)n[nH]1. The van der Waals surface area contributed by atoms with Crippen LogP contribution in [0.25, 0.3) is 16.9 Å². The molecule has 0 radical (unpaired) electrons. The van der Waals surface area contributed by atoms with E-state index in [1.807, 2.05) is 60.7 Å². The first-order valence-electron chi connectivity index (χ1n) is 8.95. The molecule has 2 aromatic carbocycles. The number of hydrazone groups is 1. The van der Waals surface area contributed by atoms with E-state index >= 15 is 0 Å². The summed E-state index contributed by atoms with van der Waals surface area (Å²) in [7, 11) is 0. The standard InChI is InChI=1S/C21H18N6O2/c1-14-17(21(29)27(26-14)16-10-6-3-7-11-16)13-22-25-20(28)19-12-18(23-24-19)15-8-4-2-5-9-15/h2-13,26H,1H3,(H,23,24)(H,25,28)/b22-13+. The molecule has 0 aliphatic heterocycles. The molecule has 0 bridgehead atoms. The predicted octanol–water partition coefficient (Wildman–Crippen LogP) is 2.63. The molecular formula is C21H18N6O2. The molecule has 4 aromatic rings. The van der Waals surface area contributed by atoms with E-state index in [4.69, 9.17) is 0 Å². The zero-order valence-corrected chi connectivity index (χ0v) is 15.6. The summed E-state index contributed by atoms with van der Waals surface area (Å²) in [6.45, 7) is 1.77. The highest BCUT2D eigenvalue weighted by molar-refractivity contribution is 5.94. The first-order valence-corrected chi connectivity index (χ1v) is 8.95. The number of para-hydroxylation sites is 1. The predicted molar refractivity (Wildman–Crippen MR) is 110 cm³/mol. The number of carbonyl (C=O) groups excluding carboxylic acids is 1. The lowest BCUT2D eigenvalue weighted by Crippen LogP contribution is -2.20. The number of carbonyl (C=O) groups is 1. The monoisotopic (exact) mass is 386 g/mol. The number of hydrogen-bond donors (Lipinski definition) is 3. The van der Waals surface area contributed by atoms with Gasteiger partial charge in [-0.1, -0.05) is 48.5 Å². The van der Waals surface area contributed by atoms with Crippen LogP contribution in [-0.2, 0) is 0 Å². The number of nitrogens with one attached hydrogen (secondary N) is 3. The van der Waals surface area contributed by atoms with Gasteiger partial charge in [-0.05, 0) is 25.1 Å². The summed E-state index contributed by atoms with van der Waals surface area (Å²) in [5.41, 5.74) is 5.72. The van der Waals surface area contributed by atoms with Gasteiger partial charge in [0.05, 0.1) is 23.2 Å². The van der Waals surface area contributed by atoms with Crippen LogP contribution in [0.1, 0.15) is 21.7 Å². The molecule has 0 aliphatic carbocycles. The third kappa shape index (κ3) is 3.77. The highest BCUT2D eigenvalue weighted by Crippen LogP contribution is 2.16. The first-order chi connectivity index (χ1) is 14.1. The smallest absolute Gasteiger partial charge is 0.289 e. The first kappa shape index (κ1) is 18.2. The van der Waals surface area contributed by atoms with E-state index in [1.165, 1.54) is 10.9 Å². The number of benzene rings is 2. The van der Waals surface area contributed by atoms with Crippen molar-refractivity contribution in [3.05, 3.63) is 94.0 Å². The summed E-state index contributed by atoms with van der Waals surface area (Å²) >= 11 is 0. The number of amides is 1. The van der Waals surface area contributed by atoms with Gasteiger partial charge in [-0.25, -0.2) is 10.1 Å². The molecule has 1 amide bonds. The van der Waals surface area contributed by atoms with Gasteiger partial charge in [-0.2, -0.15) is 10.2 Å². The lowest BCUT2D eigenvalue weighted by molar-refractivity contribution is 0.0950. The number of nitrogens with zero attached hydrogens (tertiary/aromatic N) is 3. The Bertz CT molecular complexity index is 1220. The highest BCUT2D eigenvalue weighted by atomic mass is 16.2. The van der Waals surface area contributed by atoms with E-state index in [-0.39, 0.29) is 11.3 Å². The molecule has 29 heavy (non-hydrogen) atoms. The molecule has 0 saturated carbocycles. The third-order valence-corrected chi connectivity index (χ3v) is 4.38.